The van der Waals surface area contributed by atoms with Gasteiger partial charge in [0.25, 0.3) is 0 Å². The van der Waals surface area contributed by atoms with Crippen molar-refractivity contribution in [2.45, 2.75) is 227 Å². The van der Waals surface area contributed by atoms with E-state index in [0.717, 1.165) is 67.2 Å². The smallest absolute Gasteiger partial charge is 0.127 e. The molecule has 0 bridgehead atoms. The van der Waals surface area contributed by atoms with Crippen LogP contribution in [-0.2, 0) is 10.8 Å². The Bertz CT molecular complexity index is 1510. The number of quaternary nitrogens is 1. The number of phenols is 2. The lowest BCUT2D eigenvalue weighted by Gasteiger charge is -2.40. The first kappa shape index (κ1) is 49.7. The molecule has 0 radical (unpaired) electrons. The predicted octanol–water partition coefficient (Wildman–Crippen LogP) is 14.6. The van der Waals surface area contributed by atoms with Crippen molar-refractivity contribution in [2.24, 2.45) is 9.98 Å². The Morgan fingerprint density at radius 3 is 1.21 bits per heavy atom. The number of rotatable bonds is 28. The van der Waals surface area contributed by atoms with Gasteiger partial charge in [0.1, 0.15) is 11.5 Å². The maximum absolute atomic E-state index is 11.4. The van der Waals surface area contributed by atoms with Crippen LogP contribution in [0.2, 0.25) is 0 Å². The van der Waals surface area contributed by atoms with Crippen LogP contribution in [0.25, 0.3) is 0 Å². The maximum Gasteiger partial charge on any atom is 0.127 e. The zero-order valence-electron chi connectivity index (χ0n) is 39.5. The zero-order chi connectivity index (χ0) is 42.6. The monoisotopic (exact) mass is 801 g/mol. The molecule has 3 unspecified atom stereocenters. The molecule has 5 nitrogen and oxygen atoms in total. The van der Waals surface area contributed by atoms with Crippen LogP contribution in [0.5, 0.6) is 11.5 Å². The van der Waals surface area contributed by atoms with E-state index in [0.29, 0.717) is 11.5 Å². The first-order chi connectivity index (χ1) is 27.8. The molecule has 0 heterocycles. The number of phenolic OH excluding ortho intramolecular Hbond substituents is 2. The highest BCUT2D eigenvalue weighted by Crippen LogP contribution is 2.40. The normalized spacial score (nSPS) is 17.8. The number of aryl methyl sites for hydroxylation is 2. The topological polar surface area (TPSA) is 65.2 Å². The molecule has 1 aliphatic carbocycles. The quantitative estimate of drug-likeness (QED) is 0.0665. The summed E-state index contributed by atoms with van der Waals surface area (Å²) in [5, 5.41) is 22.7. The van der Waals surface area contributed by atoms with Crippen LogP contribution in [0.1, 0.15) is 224 Å². The highest BCUT2D eigenvalue weighted by Gasteiger charge is 2.32. The average molecular weight is 801 g/mol. The summed E-state index contributed by atoms with van der Waals surface area (Å²) < 4.78 is 1.29. The molecular weight excluding hydrogens is 711 g/mol. The third-order valence-corrected chi connectivity index (χ3v) is 14.1. The van der Waals surface area contributed by atoms with Crippen LogP contribution in [0.4, 0.5) is 0 Å². The van der Waals surface area contributed by atoms with E-state index in [-0.39, 0.29) is 22.9 Å². The second-order valence-corrected chi connectivity index (χ2v) is 19.3. The van der Waals surface area contributed by atoms with E-state index in [2.05, 4.69) is 86.6 Å². The Morgan fingerprint density at radius 2 is 0.862 bits per heavy atom. The molecule has 1 aliphatic rings. The van der Waals surface area contributed by atoms with Crippen LogP contribution in [0, 0.1) is 13.8 Å². The second kappa shape index (κ2) is 25.2. The highest BCUT2D eigenvalue weighted by molar-refractivity contribution is 5.86. The Labute approximate surface area is 358 Å². The van der Waals surface area contributed by atoms with Crippen molar-refractivity contribution >= 4 is 12.4 Å². The van der Waals surface area contributed by atoms with Crippen molar-refractivity contribution in [3.63, 3.8) is 0 Å². The van der Waals surface area contributed by atoms with Gasteiger partial charge in [0, 0.05) is 23.6 Å². The van der Waals surface area contributed by atoms with Crippen molar-refractivity contribution in [3.05, 3.63) is 57.6 Å². The van der Waals surface area contributed by atoms with Gasteiger partial charge in [0.2, 0.25) is 0 Å². The van der Waals surface area contributed by atoms with Gasteiger partial charge in [-0.3, -0.25) is 9.98 Å². The Kier molecular flexibility index (Phi) is 21.6. The summed E-state index contributed by atoms with van der Waals surface area (Å²) in [5.41, 5.74) is 6.34. The van der Waals surface area contributed by atoms with Crippen LogP contribution in [0.15, 0.2) is 34.3 Å². The molecule has 2 aromatic rings. The molecule has 0 aromatic heterocycles. The SMILES string of the molecule is CCCCC(C)(CCCC)c1cc(C)c(O)c(C=NC2CCCCC2N=Cc2cc(C(C)(CCCC)CCC[N+](CCCC)(CCCC)CCCC)cc(C)c2O)c1. The van der Waals surface area contributed by atoms with Gasteiger partial charge in [-0.1, -0.05) is 138 Å². The van der Waals surface area contributed by atoms with Crippen LogP contribution < -0.4 is 0 Å². The summed E-state index contributed by atoms with van der Waals surface area (Å²) in [5.74, 6) is 0.689. The summed E-state index contributed by atoms with van der Waals surface area (Å²) in [6.07, 6.45) is 29.0. The van der Waals surface area contributed by atoms with Crippen molar-refractivity contribution < 1.29 is 14.7 Å². The highest BCUT2D eigenvalue weighted by atomic mass is 16.3. The third-order valence-electron chi connectivity index (χ3n) is 14.1. The fourth-order valence-electron chi connectivity index (χ4n) is 9.78. The standard InChI is InChI=1S/C53H89N3O2/c1-11-17-28-52(9,29-18-12-2)46-36-42(7)50(57)44(38-46)40-54-48-26-23-24-27-49(48)55-41-45-39-47(37-43(8)51(45)58)53(10,30-19-13-3)31-25-35-56(32-20-14-4,33-21-15-5)34-22-16-6/h36-41,48-49H,11-35H2,1-10H3,(H-,54,55,57,58)/p+1. The van der Waals surface area contributed by atoms with Crippen LogP contribution >= 0.6 is 0 Å². The summed E-state index contributed by atoms with van der Waals surface area (Å²) in [6, 6.07) is 9.04. The summed E-state index contributed by atoms with van der Waals surface area (Å²) >= 11 is 0. The van der Waals surface area contributed by atoms with Gasteiger partial charge in [-0.25, -0.2) is 0 Å². The van der Waals surface area contributed by atoms with E-state index in [1.165, 1.54) is 132 Å². The summed E-state index contributed by atoms with van der Waals surface area (Å²) in [7, 11) is 0. The average Bonchev–Trinajstić information content (AvgIpc) is 3.22. The van der Waals surface area contributed by atoms with Crippen molar-refractivity contribution in [1.82, 2.24) is 0 Å². The zero-order valence-corrected chi connectivity index (χ0v) is 39.5. The van der Waals surface area contributed by atoms with Gasteiger partial charge in [0.05, 0.1) is 38.3 Å². The molecule has 1 saturated carbocycles. The van der Waals surface area contributed by atoms with Crippen molar-refractivity contribution in [1.29, 1.82) is 0 Å². The molecule has 1 fully saturated rings. The molecule has 328 valence electrons. The first-order valence-electron chi connectivity index (χ1n) is 24.4. The molecule has 2 aromatic carbocycles. The molecular formula is C53H90N3O2+. The van der Waals surface area contributed by atoms with E-state index in [1.807, 2.05) is 19.4 Å². The number of unbranched alkanes of at least 4 members (excludes halogenated alkanes) is 6. The Morgan fingerprint density at radius 1 is 0.534 bits per heavy atom. The number of benzene rings is 2. The number of aliphatic imine (C=N–C) groups is 2. The molecule has 0 aliphatic heterocycles. The van der Waals surface area contributed by atoms with Gasteiger partial charge in [-0.05, 0) is 123 Å². The molecule has 5 heteroatoms. The van der Waals surface area contributed by atoms with Gasteiger partial charge >= 0.3 is 0 Å². The fraction of sp³-hybridized carbons (Fsp3) is 0.736. The number of nitrogens with zero attached hydrogens (tertiary/aromatic N) is 3. The molecule has 58 heavy (non-hydrogen) atoms. The van der Waals surface area contributed by atoms with Gasteiger partial charge in [-0.15, -0.1) is 0 Å². The lowest BCUT2D eigenvalue weighted by molar-refractivity contribution is -0.929. The minimum Gasteiger partial charge on any atom is -0.507 e. The van der Waals surface area contributed by atoms with E-state index in [9.17, 15) is 10.2 Å². The number of hydrogen-bond acceptors (Lipinski definition) is 4. The van der Waals surface area contributed by atoms with Crippen LogP contribution in [0.3, 0.4) is 0 Å². The lowest BCUT2D eigenvalue weighted by atomic mass is 9.73. The summed E-state index contributed by atoms with van der Waals surface area (Å²) in [4.78, 5) is 10.4. The van der Waals surface area contributed by atoms with Crippen molar-refractivity contribution in [3.8, 4) is 11.5 Å². The minimum absolute atomic E-state index is 0.0441. The largest absolute Gasteiger partial charge is 0.507 e. The molecule has 2 N–H and O–H groups in total. The predicted molar refractivity (Wildman–Crippen MR) is 254 cm³/mol. The molecule has 0 spiro atoms. The Balaban J connectivity index is 1.91. The third kappa shape index (κ3) is 14.5. The molecule has 3 rings (SSSR count). The number of hydrogen-bond donors (Lipinski definition) is 2. The van der Waals surface area contributed by atoms with Gasteiger partial charge < -0.3 is 14.7 Å². The molecule has 0 amide bonds. The van der Waals surface area contributed by atoms with E-state index in [4.69, 9.17) is 9.98 Å². The van der Waals surface area contributed by atoms with Gasteiger partial charge in [-0.2, -0.15) is 0 Å². The first-order valence-corrected chi connectivity index (χ1v) is 24.4. The summed E-state index contributed by atoms with van der Waals surface area (Å²) in [6.45, 7) is 28.1. The van der Waals surface area contributed by atoms with E-state index < -0.39 is 0 Å². The molecule has 3 atom stereocenters. The maximum atomic E-state index is 11.4. The fourth-order valence-corrected chi connectivity index (χ4v) is 9.78. The molecule has 0 saturated heterocycles. The second-order valence-electron chi connectivity index (χ2n) is 19.3. The minimum atomic E-state index is 0.0441. The Hall–Kier alpha value is -2.66. The van der Waals surface area contributed by atoms with E-state index >= 15 is 0 Å². The van der Waals surface area contributed by atoms with Crippen molar-refractivity contribution in [2.75, 3.05) is 26.2 Å². The lowest BCUT2D eigenvalue weighted by Crippen LogP contribution is -2.51. The number of aromatic hydroxyl groups is 2. The van der Waals surface area contributed by atoms with Gasteiger partial charge in [0.15, 0.2) is 0 Å². The van der Waals surface area contributed by atoms with E-state index in [1.54, 1.807) is 0 Å². The van der Waals surface area contributed by atoms with Crippen LogP contribution in [-0.4, -0.2) is 65.4 Å².